The van der Waals surface area contributed by atoms with E-state index in [1.54, 1.807) is 38.4 Å². The van der Waals surface area contributed by atoms with Crippen molar-refractivity contribution < 1.29 is 24.2 Å². The van der Waals surface area contributed by atoms with Crippen LogP contribution < -0.4 is 4.74 Å². The van der Waals surface area contributed by atoms with Crippen LogP contribution in [0.15, 0.2) is 24.3 Å². The molecule has 0 spiro atoms. The Morgan fingerprint density at radius 3 is 2.54 bits per heavy atom. The molecule has 1 amide bonds. The van der Waals surface area contributed by atoms with Gasteiger partial charge in [-0.15, -0.1) is 0 Å². The third-order valence-electron chi connectivity index (χ3n) is 4.66. The third-order valence-corrected chi connectivity index (χ3v) is 4.66. The molecule has 1 N–H and O–H groups in total. The summed E-state index contributed by atoms with van der Waals surface area (Å²) in [6.07, 6.45) is 3.65. The molecule has 1 aromatic carbocycles. The summed E-state index contributed by atoms with van der Waals surface area (Å²) >= 11 is 0. The van der Waals surface area contributed by atoms with E-state index in [0.29, 0.717) is 37.4 Å². The average molecular weight is 335 g/mol. The summed E-state index contributed by atoms with van der Waals surface area (Å²) in [5.74, 6) is -0.652. The third kappa shape index (κ3) is 3.87. The number of carbonyl (C=O) groups excluding carboxylic acids is 1. The Hall–Kier alpha value is -2.08. The first-order chi connectivity index (χ1) is 11.5. The van der Waals surface area contributed by atoms with Gasteiger partial charge in [0.15, 0.2) is 0 Å². The highest BCUT2D eigenvalue weighted by Crippen LogP contribution is 2.34. The van der Waals surface area contributed by atoms with Gasteiger partial charge in [0.25, 0.3) is 5.91 Å². The molecule has 2 rings (SSSR count). The Labute approximate surface area is 142 Å². The van der Waals surface area contributed by atoms with Crippen molar-refractivity contribution in [3.05, 3.63) is 29.8 Å². The molecule has 1 aromatic rings. The lowest BCUT2D eigenvalue weighted by Gasteiger charge is -2.41. The van der Waals surface area contributed by atoms with Crippen molar-refractivity contribution in [1.29, 1.82) is 0 Å². The first-order valence-electron chi connectivity index (χ1n) is 8.24. The molecule has 0 unspecified atom stereocenters. The van der Waals surface area contributed by atoms with Crippen LogP contribution in [0.3, 0.4) is 0 Å². The van der Waals surface area contributed by atoms with E-state index in [-0.39, 0.29) is 5.91 Å². The van der Waals surface area contributed by atoms with Gasteiger partial charge in [-0.2, -0.15) is 0 Å². The summed E-state index contributed by atoms with van der Waals surface area (Å²) in [6.45, 7) is 0.850. The average Bonchev–Trinajstić information content (AvgIpc) is 2.61. The molecule has 0 radical (unpaired) electrons. The number of hydrogen-bond acceptors (Lipinski definition) is 4. The van der Waals surface area contributed by atoms with Crippen LogP contribution in [0.5, 0.6) is 5.75 Å². The van der Waals surface area contributed by atoms with Crippen molar-refractivity contribution in [3.8, 4) is 5.75 Å². The Morgan fingerprint density at radius 2 is 1.92 bits per heavy atom. The molecular formula is C18H25NO5. The number of methoxy groups -OCH3 is 1. The molecule has 0 atom stereocenters. The number of carbonyl (C=O) groups is 2. The van der Waals surface area contributed by atoms with Crippen LogP contribution in [-0.2, 0) is 9.53 Å². The molecule has 0 aliphatic heterocycles. The Bertz CT molecular complexity index is 581. The monoisotopic (exact) mass is 335 g/mol. The van der Waals surface area contributed by atoms with E-state index < -0.39 is 11.5 Å². The molecule has 132 valence electrons. The highest BCUT2D eigenvalue weighted by molar-refractivity contribution is 5.98. The van der Waals surface area contributed by atoms with Crippen molar-refractivity contribution in [2.45, 2.75) is 37.6 Å². The van der Waals surface area contributed by atoms with Crippen molar-refractivity contribution in [1.82, 2.24) is 4.90 Å². The molecule has 0 aromatic heterocycles. The van der Waals surface area contributed by atoms with Gasteiger partial charge in [0.1, 0.15) is 17.9 Å². The number of likely N-dealkylation sites (N-methyl/N-ethyl adjacent to an activating group) is 1. The summed E-state index contributed by atoms with van der Waals surface area (Å²) in [5.41, 5.74) is -0.680. The van der Waals surface area contributed by atoms with Gasteiger partial charge in [-0.3, -0.25) is 4.79 Å². The fraction of sp³-hybridized carbons (Fsp3) is 0.556. The van der Waals surface area contributed by atoms with Crippen molar-refractivity contribution in [2.75, 3.05) is 27.4 Å². The summed E-state index contributed by atoms with van der Waals surface area (Å²) in [5, 5.41) is 9.72. The van der Waals surface area contributed by atoms with Gasteiger partial charge >= 0.3 is 5.97 Å². The zero-order chi connectivity index (χ0) is 17.6. The van der Waals surface area contributed by atoms with Gasteiger partial charge in [-0.05, 0) is 31.0 Å². The second-order valence-corrected chi connectivity index (χ2v) is 6.13. The summed E-state index contributed by atoms with van der Waals surface area (Å²) < 4.78 is 10.5. The zero-order valence-electron chi connectivity index (χ0n) is 14.3. The number of benzene rings is 1. The Balaban J connectivity index is 2.17. The molecule has 0 saturated heterocycles. The van der Waals surface area contributed by atoms with Crippen LogP contribution in [0.1, 0.15) is 42.5 Å². The predicted octanol–water partition coefficient (Wildman–Crippen LogP) is 2.57. The van der Waals surface area contributed by atoms with Gasteiger partial charge in [0, 0.05) is 19.7 Å². The maximum Gasteiger partial charge on any atom is 0.329 e. The SMILES string of the molecule is COCCOc1cccc(C(=O)N(C)C2(C(=O)O)CCCCC2)c1. The lowest BCUT2D eigenvalue weighted by Crippen LogP contribution is -2.56. The smallest absolute Gasteiger partial charge is 0.329 e. The number of rotatable bonds is 7. The van der Waals surface area contributed by atoms with E-state index in [1.807, 2.05) is 0 Å². The molecule has 0 heterocycles. The molecule has 0 bridgehead atoms. The van der Waals surface area contributed by atoms with Crippen LogP contribution in [-0.4, -0.2) is 54.8 Å². The van der Waals surface area contributed by atoms with E-state index in [0.717, 1.165) is 19.3 Å². The zero-order valence-corrected chi connectivity index (χ0v) is 14.3. The minimum Gasteiger partial charge on any atom is -0.491 e. The highest BCUT2D eigenvalue weighted by Gasteiger charge is 2.45. The van der Waals surface area contributed by atoms with Gasteiger partial charge < -0.3 is 19.5 Å². The van der Waals surface area contributed by atoms with E-state index in [2.05, 4.69) is 0 Å². The van der Waals surface area contributed by atoms with Crippen molar-refractivity contribution in [2.24, 2.45) is 0 Å². The number of carboxylic acid groups (broad SMARTS) is 1. The topological polar surface area (TPSA) is 76.1 Å². The molecular weight excluding hydrogens is 310 g/mol. The first kappa shape index (κ1) is 18.3. The first-order valence-corrected chi connectivity index (χ1v) is 8.24. The Morgan fingerprint density at radius 1 is 1.21 bits per heavy atom. The summed E-state index contributed by atoms with van der Waals surface area (Å²) in [7, 11) is 3.17. The van der Waals surface area contributed by atoms with Gasteiger partial charge in [0.05, 0.1) is 6.61 Å². The fourth-order valence-electron chi connectivity index (χ4n) is 3.18. The van der Waals surface area contributed by atoms with Crippen LogP contribution in [0.25, 0.3) is 0 Å². The largest absolute Gasteiger partial charge is 0.491 e. The maximum atomic E-state index is 12.8. The van der Waals surface area contributed by atoms with Gasteiger partial charge in [-0.1, -0.05) is 25.3 Å². The van der Waals surface area contributed by atoms with Gasteiger partial charge in [0.2, 0.25) is 0 Å². The van der Waals surface area contributed by atoms with Gasteiger partial charge in [-0.25, -0.2) is 4.79 Å². The highest BCUT2D eigenvalue weighted by atomic mass is 16.5. The number of hydrogen-bond donors (Lipinski definition) is 1. The molecule has 6 heteroatoms. The lowest BCUT2D eigenvalue weighted by atomic mass is 9.80. The van der Waals surface area contributed by atoms with Crippen molar-refractivity contribution in [3.63, 3.8) is 0 Å². The Kier molecular flexibility index (Phi) is 6.20. The normalized spacial score (nSPS) is 16.4. The quantitative estimate of drug-likeness (QED) is 0.775. The number of nitrogens with zero attached hydrogens (tertiary/aromatic N) is 1. The van der Waals surface area contributed by atoms with E-state index in [9.17, 15) is 14.7 Å². The van der Waals surface area contributed by atoms with Crippen LogP contribution >= 0.6 is 0 Å². The number of carboxylic acids is 1. The van der Waals surface area contributed by atoms with Crippen LogP contribution in [0.2, 0.25) is 0 Å². The summed E-state index contributed by atoms with van der Waals surface area (Å²) in [6, 6.07) is 6.82. The minimum atomic E-state index is -1.11. The standard InChI is InChI=1S/C18H25NO5/c1-19(18(17(21)22)9-4-3-5-10-18)16(20)14-7-6-8-15(13-14)24-12-11-23-2/h6-8,13H,3-5,9-12H2,1-2H3,(H,21,22). The maximum absolute atomic E-state index is 12.8. The van der Waals surface area contributed by atoms with Crippen LogP contribution in [0.4, 0.5) is 0 Å². The summed E-state index contributed by atoms with van der Waals surface area (Å²) in [4.78, 5) is 26.1. The van der Waals surface area contributed by atoms with Crippen LogP contribution in [0, 0.1) is 0 Å². The number of aliphatic carboxylic acids is 1. The molecule has 1 fully saturated rings. The van der Waals surface area contributed by atoms with Crippen molar-refractivity contribution >= 4 is 11.9 Å². The van der Waals surface area contributed by atoms with E-state index in [1.165, 1.54) is 4.90 Å². The number of ether oxygens (including phenoxy) is 2. The molecule has 6 nitrogen and oxygen atoms in total. The van der Waals surface area contributed by atoms with E-state index >= 15 is 0 Å². The second-order valence-electron chi connectivity index (χ2n) is 6.13. The second kappa shape index (κ2) is 8.15. The predicted molar refractivity (Wildman–Crippen MR) is 89.4 cm³/mol. The van der Waals surface area contributed by atoms with E-state index in [4.69, 9.17) is 9.47 Å². The molecule has 1 aliphatic carbocycles. The minimum absolute atomic E-state index is 0.295. The lowest BCUT2D eigenvalue weighted by molar-refractivity contribution is -0.151. The molecule has 1 aliphatic rings. The fourth-order valence-corrected chi connectivity index (χ4v) is 3.18. The molecule has 24 heavy (non-hydrogen) atoms. The number of amides is 1. The molecule has 1 saturated carbocycles.